The van der Waals surface area contributed by atoms with Crippen molar-refractivity contribution >= 4 is 12.0 Å². The van der Waals surface area contributed by atoms with E-state index in [1.54, 1.807) is 6.08 Å². The van der Waals surface area contributed by atoms with Crippen LogP contribution in [-0.2, 0) is 16.1 Å². The zero-order chi connectivity index (χ0) is 16.3. The number of para-hydroxylation sites is 1. The first-order valence-corrected chi connectivity index (χ1v) is 7.51. The molecule has 0 spiro atoms. The lowest BCUT2D eigenvalue weighted by Crippen LogP contribution is -2.20. The normalized spacial score (nSPS) is 10.7. The molecule has 2 aromatic rings. The van der Waals surface area contributed by atoms with Crippen molar-refractivity contribution in [1.29, 1.82) is 0 Å². The summed E-state index contributed by atoms with van der Waals surface area (Å²) < 4.78 is 10.2. The lowest BCUT2D eigenvalue weighted by atomic mass is 10.1. The van der Waals surface area contributed by atoms with Crippen molar-refractivity contribution in [3.63, 3.8) is 0 Å². The Morgan fingerprint density at radius 2 is 1.83 bits per heavy atom. The summed E-state index contributed by atoms with van der Waals surface area (Å²) in [5.74, 6) is 0.533. The molecule has 0 saturated carbocycles. The third-order valence-electron chi connectivity index (χ3n) is 3.21. The van der Waals surface area contributed by atoms with Crippen LogP contribution >= 0.6 is 0 Å². The van der Waals surface area contributed by atoms with Gasteiger partial charge in [0.15, 0.2) is 0 Å². The number of carbonyl (C=O) groups is 1. The molecule has 120 valence electrons. The molecular weight excluding hydrogens is 290 g/mol. The summed E-state index contributed by atoms with van der Waals surface area (Å²) in [6, 6.07) is 17.8. The summed E-state index contributed by atoms with van der Waals surface area (Å²) in [4.78, 5) is 11.0. The Labute approximate surface area is 136 Å². The average molecular weight is 311 g/mol. The van der Waals surface area contributed by atoms with Crippen LogP contribution in [0.25, 0.3) is 6.08 Å². The van der Waals surface area contributed by atoms with Gasteiger partial charge in [-0.15, -0.1) is 0 Å². The first kappa shape index (κ1) is 16.8. The van der Waals surface area contributed by atoms with E-state index >= 15 is 0 Å². The lowest BCUT2D eigenvalue weighted by molar-refractivity contribution is -0.134. The minimum Gasteiger partial charge on any atom is -0.492 e. The number of esters is 1. The molecule has 0 aliphatic heterocycles. The Balaban J connectivity index is 1.68. The van der Waals surface area contributed by atoms with Crippen LogP contribution in [0.3, 0.4) is 0 Å². The van der Waals surface area contributed by atoms with Crippen molar-refractivity contribution in [3.05, 3.63) is 71.8 Å². The average Bonchev–Trinajstić information content (AvgIpc) is 2.61. The van der Waals surface area contributed by atoms with Crippen molar-refractivity contribution < 1.29 is 14.3 Å². The Morgan fingerprint density at radius 3 is 2.52 bits per heavy atom. The van der Waals surface area contributed by atoms with Crippen LogP contribution in [-0.4, -0.2) is 26.2 Å². The van der Waals surface area contributed by atoms with Gasteiger partial charge < -0.3 is 14.8 Å². The van der Waals surface area contributed by atoms with Crippen LogP contribution in [0.1, 0.15) is 11.1 Å². The van der Waals surface area contributed by atoms with Crippen molar-refractivity contribution in [2.24, 2.45) is 0 Å². The van der Waals surface area contributed by atoms with Crippen molar-refractivity contribution in [2.75, 3.05) is 20.3 Å². The molecule has 1 N–H and O–H groups in total. The largest absolute Gasteiger partial charge is 0.492 e. The second-order valence-electron chi connectivity index (χ2n) is 4.94. The van der Waals surface area contributed by atoms with E-state index in [4.69, 9.17) is 4.74 Å². The zero-order valence-corrected chi connectivity index (χ0v) is 13.2. The predicted octanol–water partition coefficient (Wildman–Crippen LogP) is 3.04. The standard InChI is InChI=1S/C19H21NO3/c1-22-19(21)12-11-16-7-9-17(10-8-16)15-20-13-14-23-18-5-3-2-4-6-18/h2-12,20H,13-15H2,1H3/b12-11+. The number of hydrogen-bond acceptors (Lipinski definition) is 4. The Morgan fingerprint density at radius 1 is 1.09 bits per heavy atom. The summed E-state index contributed by atoms with van der Waals surface area (Å²) in [6.45, 7) is 2.18. The molecule has 4 nitrogen and oxygen atoms in total. The van der Waals surface area contributed by atoms with Gasteiger partial charge in [-0.25, -0.2) is 4.79 Å². The van der Waals surface area contributed by atoms with Crippen LogP contribution < -0.4 is 10.1 Å². The third-order valence-corrected chi connectivity index (χ3v) is 3.21. The first-order chi connectivity index (χ1) is 11.3. The van der Waals surface area contributed by atoms with Gasteiger partial charge >= 0.3 is 5.97 Å². The molecule has 0 amide bonds. The smallest absolute Gasteiger partial charge is 0.330 e. The fourth-order valence-corrected chi connectivity index (χ4v) is 1.97. The Kier molecular flexibility index (Phi) is 6.88. The molecular formula is C19H21NO3. The molecule has 0 atom stereocenters. The van der Waals surface area contributed by atoms with E-state index < -0.39 is 0 Å². The molecule has 0 unspecified atom stereocenters. The van der Waals surface area contributed by atoms with Gasteiger partial charge in [-0.1, -0.05) is 42.5 Å². The molecule has 0 aromatic heterocycles. The maximum absolute atomic E-state index is 11.0. The van der Waals surface area contributed by atoms with Crippen LogP contribution in [0.2, 0.25) is 0 Å². The molecule has 0 radical (unpaired) electrons. The maximum atomic E-state index is 11.0. The minimum atomic E-state index is -0.353. The van der Waals surface area contributed by atoms with Crippen molar-refractivity contribution in [2.45, 2.75) is 6.54 Å². The molecule has 4 heteroatoms. The second kappa shape index (κ2) is 9.43. The Bertz CT molecular complexity index is 621. The van der Waals surface area contributed by atoms with Gasteiger partial charge in [0.05, 0.1) is 7.11 Å². The van der Waals surface area contributed by atoms with Gasteiger partial charge in [-0.05, 0) is 29.3 Å². The number of nitrogens with one attached hydrogen (secondary N) is 1. The quantitative estimate of drug-likeness (QED) is 0.462. The van der Waals surface area contributed by atoms with E-state index in [1.807, 2.05) is 54.6 Å². The number of rotatable bonds is 8. The van der Waals surface area contributed by atoms with Gasteiger partial charge in [-0.2, -0.15) is 0 Å². The monoisotopic (exact) mass is 311 g/mol. The fraction of sp³-hybridized carbons (Fsp3) is 0.211. The fourth-order valence-electron chi connectivity index (χ4n) is 1.97. The molecule has 0 heterocycles. The van der Waals surface area contributed by atoms with Crippen molar-refractivity contribution in [1.82, 2.24) is 5.32 Å². The highest BCUT2D eigenvalue weighted by atomic mass is 16.5. The molecule has 0 aliphatic rings. The molecule has 0 saturated heterocycles. The SMILES string of the molecule is COC(=O)/C=C/c1ccc(CNCCOc2ccccc2)cc1. The molecule has 23 heavy (non-hydrogen) atoms. The molecule has 0 fully saturated rings. The summed E-state index contributed by atoms with van der Waals surface area (Å²) in [6.07, 6.45) is 3.14. The zero-order valence-electron chi connectivity index (χ0n) is 13.2. The second-order valence-corrected chi connectivity index (χ2v) is 4.94. The van der Waals surface area contributed by atoms with E-state index in [-0.39, 0.29) is 5.97 Å². The molecule has 0 aliphatic carbocycles. The van der Waals surface area contributed by atoms with E-state index in [1.165, 1.54) is 18.7 Å². The number of carbonyl (C=O) groups excluding carboxylic acids is 1. The summed E-state index contributed by atoms with van der Waals surface area (Å²) in [7, 11) is 1.36. The highest BCUT2D eigenvalue weighted by molar-refractivity contribution is 5.86. The van der Waals surface area contributed by atoms with Crippen LogP contribution in [0.5, 0.6) is 5.75 Å². The summed E-state index contributed by atoms with van der Waals surface area (Å²) in [5.41, 5.74) is 2.14. The van der Waals surface area contributed by atoms with Gasteiger partial charge in [0.1, 0.15) is 12.4 Å². The van der Waals surface area contributed by atoms with E-state index in [0.29, 0.717) is 6.61 Å². The maximum Gasteiger partial charge on any atom is 0.330 e. The van der Waals surface area contributed by atoms with Crippen LogP contribution in [0, 0.1) is 0 Å². The van der Waals surface area contributed by atoms with E-state index in [0.717, 1.165) is 24.4 Å². The number of benzene rings is 2. The number of hydrogen-bond donors (Lipinski definition) is 1. The number of methoxy groups -OCH3 is 1. The van der Waals surface area contributed by atoms with Crippen LogP contribution in [0.15, 0.2) is 60.7 Å². The molecule has 2 rings (SSSR count). The highest BCUT2D eigenvalue weighted by Crippen LogP contribution is 2.08. The predicted molar refractivity (Wildman–Crippen MR) is 91.1 cm³/mol. The topological polar surface area (TPSA) is 47.6 Å². The molecule has 0 bridgehead atoms. The first-order valence-electron chi connectivity index (χ1n) is 7.51. The third kappa shape index (κ3) is 6.36. The van der Waals surface area contributed by atoms with E-state index in [9.17, 15) is 4.79 Å². The lowest BCUT2D eigenvalue weighted by Gasteiger charge is -2.07. The minimum absolute atomic E-state index is 0.353. The van der Waals surface area contributed by atoms with Gasteiger partial charge in [0, 0.05) is 19.2 Å². The summed E-state index contributed by atoms with van der Waals surface area (Å²) in [5, 5.41) is 3.33. The van der Waals surface area contributed by atoms with Gasteiger partial charge in [0.25, 0.3) is 0 Å². The Hall–Kier alpha value is -2.59. The van der Waals surface area contributed by atoms with Gasteiger partial charge in [-0.3, -0.25) is 0 Å². The van der Waals surface area contributed by atoms with E-state index in [2.05, 4.69) is 10.1 Å². The van der Waals surface area contributed by atoms with Gasteiger partial charge in [0.2, 0.25) is 0 Å². The highest BCUT2D eigenvalue weighted by Gasteiger charge is 1.96. The van der Waals surface area contributed by atoms with Crippen LogP contribution in [0.4, 0.5) is 0 Å². The van der Waals surface area contributed by atoms with Crippen molar-refractivity contribution in [3.8, 4) is 5.75 Å². The number of ether oxygens (including phenoxy) is 2. The molecule has 2 aromatic carbocycles. The summed E-state index contributed by atoms with van der Waals surface area (Å²) >= 11 is 0.